The maximum absolute atomic E-state index is 13.8. The molecule has 0 spiro atoms. The molecule has 3 aromatic rings. The van der Waals surface area contributed by atoms with Gasteiger partial charge in [0.05, 0.1) is 11.4 Å². The number of carbonyl (C=O) groups is 2. The molecule has 2 aliphatic rings. The monoisotopic (exact) mass is 452 g/mol. The third-order valence-electron chi connectivity index (χ3n) is 6.40. The number of hydrogen-bond donors (Lipinski definition) is 0. The molecule has 0 atom stereocenters. The average Bonchev–Trinajstić information content (AvgIpc) is 3.05. The minimum absolute atomic E-state index is 0.00869. The minimum Gasteiger partial charge on any atom is -0.323 e. The van der Waals surface area contributed by atoms with Crippen molar-refractivity contribution in [2.24, 2.45) is 0 Å². The van der Waals surface area contributed by atoms with Crippen LogP contribution in [0.4, 0.5) is 21.0 Å². The van der Waals surface area contributed by atoms with Gasteiger partial charge in [-0.2, -0.15) is 0 Å². The predicted octanol–water partition coefficient (Wildman–Crippen LogP) is 5.30. The number of hydrogen-bond acceptors (Lipinski definition) is 2. The van der Waals surface area contributed by atoms with Crippen molar-refractivity contribution in [3.63, 3.8) is 0 Å². The highest BCUT2D eigenvalue weighted by Crippen LogP contribution is 2.37. The molecule has 0 aliphatic carbocycles. The molecule has 0 saturated carbocycles. The molecule has 0 radical (unpaired) electrons. The van der Waals surface area contributed by atoms with Gasteiger partial charge in [0.25, 0.3) is 0 Å². The average molecular weight is 453 g/mol. The van der Waals surface area contributed by atoms with Crippen LogP contribution in [-0.4, -0.2) is 60.0 Å². The Labute approximate surface area is 200 Å². The second kappa shape index (κ2) is 9.43. The number of anilines is 2. The fourth-order valence-electron chi connectivity index (χ4n) is 4.58. The standard InChI is InChI=1S/C28H28N4O2/c1-29(21-22-9-3-2-4-10-22)27(33)30-17-19-31(20-18-30)28(34)32-25-13-7-5-11-23(25)15-16-24-12-6-8-14-26(24)32/h2-16H,17-21H2,1H3. The largest absolute Gasteiger partial charge is 0.329 e. The van der Waals surface area contributed by atoms with Gasteiger partial charge in [0.15, 0.2) is 0 Å². The van der Waals surface area contributed by atoms with Gasteiger partial charge in [0, 0.05) is 39.8 Å². The summed E-state index contributed by atoms with van der Waals surface area (Å²) in [7, 11) is 1.82. The van der Waals surface area contributed by atoms with Gasteiger partial charge in [-0.15, -0.1) is 0 Å². The van der Waals surface area contributed by atoms with E-state index in [0.717, 1.165) is 28.1 Å². The van der Waals surface area contributed by atoms with Crippen LogP contribution >= 0.6 is 0 Å². The summed E-state index contributed by atoms with van der Waals surface area (Å²) in [6.45, 7) is 2.58. The van der Waals surface area contributed by atoms with Gasteiger partial charge in [0.2, 0.25) is 0 Å². The Morgan fingerprint density at radius 3 is 1.79 bits per heavy atom. The number of urea groups is 2. The molecule has 1 saturated heterocycles. The highest BCUT2D eigenvalue weighted by atomic mass is 16.2. The maximum atomic E-state index is 13.8. The first-order chi connectivity index (χ1) is 16.6. The van der Waals surface area contributed by atoms with Crippen LogP contribution in [0.5, 0.6) is 0 Å². The molecule has 0 bridgehead atoms. The molecule has 2 aliphatic heterocycles. The number of carbonyl (C=O) groups excluding carboxylic acids is 2. The predicted molar refractivity (Wildman–Crippen MR) is 136 cm³/mol. The highest BCUT2D eigenvalue weighted by Gasteiger charge is 2.31. The Kier molecular flexibility index (Phi) is 6.04. The first-order valence-electron chi connectivity index (χ1n) is 11.6. The van der Waals surface area contributed by atoms with Crippen LogP contribution in [0.2, 0.25) is 0 Å². The molecular weight excluding hydrogens is 424 g/mol. The zero-order valence-corrected chi connectivity index (χ0v) is 19.3. The topological polar surface area (TPSA) is 47.1 Å². The Morgan fingerprint density at radius 1 is 0.706 bits per heavy atom. The van der Waals surface area contributed by atoms with Crippen LogP contribution in [0.3, 0.4) is 0 Å². The van der Waals surface area contributed by atoms with Crippen LogP contribution in [-0.2, 0) is 6.54 Å². The van der Waals surface area contributed by atoms with Crippen molar-refractivity contribution in [2.45, 2.75) is 6.54 Å². The first-order valence-corrected chi connectivity index (χ1v) is 11.6. The molecule has 4 amide bonds. The van der Waals surface area contributed by atoms with E-state index in [1.54, 1.807) is 4.90 Å². The molecule has 6 nitrogen and oxygen atoms in total. The number of piperazine rings is 1. The van der Waals surface area contributed by atoms with Crippen LogP contribution in [0.25, 0.3) is 12.2 Å². The zero-order chi connectivity index (χ0) is 23.5. The van der Waals surface area contributed by atoms with Crippen molar-refractivity contribution in [2.75, 3.05) is 38.1 Å². The quantitative estimate of drug-likeness (QED) is 0.530. The van der Waals surface area contributed by atoms with Crippen molar-refractivity contribution >= 4 is 35.6 Å². The second-order valence-electron chi connectivity index (χ2n) is 8.67. The highest BCUT2D eigenvalue weighted by molar-refractivity contribution is 6.05. The Balaban J connectivity index is 1.30. The molecular formula is C28H28N4O2. The zero-order valence-electron chi connectivity index (χ0n) is 19.3. The third kappa shape index (κ3) is 4.27. The Morgan fingerprint density at radius 2 is 1.21 bits per heavy atom. The van der Waals surface area contributed by atoms with Gasteiger partial charge in [0.1, 0.15) is 0 Å². The lowest BCUT2D eigenvalue weighted by Crippen LogP contribution is -2.55. The van der Waals surface area contributed by atoms with Gasteiger partial charge in [-0.1, -0.05) is 78.9 Å². The molecule has 1 fully saturated rings. The SMILES string of the molecule is CN(Cc1ccccc1)C(=O)N1CCN(C(=O)N2c3ccccc3C=Cc3ccccc32)CC1. The number of nitrogens with zero attached hydrogens (tertiary/aromatic N) is 4. The van der Waals surface area contributed by atoms with Gasteiger partial charge in [-0.3, -0.25) is 4.90 Å². The summed E-state index contributed by atoms with van der Waals surface area (Å²) >= 11 is 0. The lowest BCUT2D eigenvalue weighted by Gasteiger charge is -2.39. The van der Waals surface area contributed by atoms with E-state index in [1.807, 2.05) is 101 Å². The second-order valence-corrected chi connectivity index (χ2v) is 8.67. The van der Waals surface area contributed by atoms with E-state index >= 15 is 0 Å². The molecule has 0 aromatic heterocycles. The smallest absolute Gasteiger partial charge is 0.323 e. The number of fused-ring (bicyclic) bond motifs is 2. The van der Waals surface area contributed by atoms with E-state index in [4.69, 9.17) is 0 Å². The van der Waals surface area contributed by atoms with Gasteiger partial charge in [-0.05, 0) is 28.8 Å². The molecule has 0 unspecified atom stereocenters. The van der Waals surface area contributed by atoms with E-state index in [0.29, 0.717) is 32.7 Å². The van der Waals surface area contributed by atoms with Crippen LogP contribution in [0, 0.1) is 0 Å². The summed E-state index contributed by atoms with van der Waals surface area (Å²) in [5.74, 6) is 0. The van der Waals surface area contributed by atoms with Crippen LogP contribution in [0.1, 0.15) is 16.7 Å². The van der Waals surface area contributed by atoms with E-state index in [1.165, 1.54) is 0 Å². The lowest BCUT2D eigenvalue weighted by atomic mass is 10.1. The van der Waals surface area contributed by atoms with E-state index < -0.39 is 0 Å². The summed E-state index contributed by atoms with van der Waals surface area (Å²) in [5.41, 5.74) is 4.84. The Bertz CT molecular complexity index is 1170. The molecule has 2 heterocycles. The van der Waals surface area contributed by atoms with Crippen molar-refractivity contribution in [3.05, 3.63) is 95.6 Å². The van der Waals surface area contributed by atoms with Crippen molar-refractivity contribution in [1.29, 1.82) is 0 Å². The van der Waals surface area contributed by atoms with Crippen LogP contribution in [0.15, 0.2) is 78.9 Å². The summed E-state index contributed by atoms with van der Waals surface area (Å²) in [4.78, 5) is 34.0. The van der Waals surface area contributed by atoms with Crippen molar-refractivity contribution in [1.82, 2.24) is 14.7 Å². The minimum atomic E-state index is -0.0617. The van der Waals surface area contributed by atoms with E-state index in [9.17, 15) is 9.59 Å². The normalized spacial score (nSPS) is 14.8. The summed E-state index contributed by atoms with van der Waals surface area (Å²) in [6.07, 6.45) is 4.11. The number of rotatable bonds is 2. The number of para-hydroxylation sites is 2. The van der Waals surface area contributed by atoms with Gasteiger partial charge >= 0.3 is 12.1 Å². The molecule has 5 rings (SSSR count). The fraction of sp³-hybridized carbons (Fsp3) is 0.214. The molecule has 0 N–H and O–H groups in total. The van der Waals surface area contributed by atoms with Crippen molar-refractivity contribution < 1.29 is 9.59 Å². The van der Waals surface area contributed by atoms with Crippen molar-refractivity contribution in [3.8, 4) is 0 Å². The van der Waals surface area contributed by atoms with E-state index in [2.05, 4.69) is 12.2 Å². The van der Waals surface area contributed by atoms with Crippen LogP contribution < -0.4 is 4.90 Å². The maximum Gasteiger partial charge on any atom is 0.329 e. The summed E-state index contributed by atoms with van der Waals surface area (Å²) in [6, 6.07) is 25.8. The molecule has 34 heavy (non-hydrogen) atoms. The first kappa shape index (κ1) is 21.8. The lowest BCUT2D eigenvalue weighted by molar-refractivity contribution is 0.125. The van der Waals surface area contributed by atoms with E-state index in [-0.39, 0.29) is 12.1 Å². The molecule has 172 valence electrons. The molecule has 3 aromatic carbocycles. The third-order valence-corrected chi connectivity index (χ3v) is 6.40. The Hall–Kier alpha value is -4.06. The fourth-order valence-corrected chi connectivity index (χ4v) is 4.58. The number of benzene rings is 3. The molecule has 6 heteroatoms. The van der Waals surface area contributed by atoms with Gasteiger partial charge < -0.3 is 14.7 Å². The summed E-state index contributed by atoms with van der Waals surface area (Å²) < 4.78 is 0. The summed E-state index contributed by atoms with van der Waals surface area (Å²) in [5, 5.41) is 0. The number of amides is 4. The van der Waals surface area contributed by atoms with Gasteiger partial charge in [-0.25, -0.2) is 9.59 Å².